The molecular formula is C14H6ClFN2O4. The summed E-state index contributed by atoms with van der Waals surface area (Å²) < 4.78 is 13.9. The highest BCUT2D eigenvalue weighted by molar-refractivity contribution is 6.55. The average Bonchev–Trinajstić information content (AvgIpc) is 2.50. The van der Waals surface area contributed by atoms with Gasteiger partial charge < -0.3 is 0 Å². The molecule has 0 unspecified atom stereocenters. The van der Waals surface area contributed by atoms with E-state index in [-0.39, 0.29) is 11.1 Å². The van der Waals surface area contributed by atoms with Crippen LogP contribution in [-0.4, -0.2) is 21.1 Å². The van der Waals surface area contributed by atoms with Crippen molar-refractivity contribution in [3.8, 4) is 0 Å². The van der Waals surface area contributed by atoms with Gasteiger partial charge in [-0.2, -0.15) is 4.39 Å². The number of H-pyrrole nitrogens is 1. The van der Waals surface area contributed by atoms with E-state index in [1.165, 1.54) is 18.2 Å². The fourth-order valence-electron chi connectivity index (χ4n) is 2.16. The van der Waals surface area contributed by atoms with E-state index in [1.807, 2.05) is 0 Å². The van der Waals surface area contributed by atoms with Gasteiger partial charge >= 0.3 is 5.69 Å². The molecule has 0 atom stereocenters. The van der Waals surface area contributed by atoms with Crippen molar-refractivity contribution in [1.29, 1.82) is 0 Å². The molecule has 6 nitrogen and oxygen atoms in total. The number of hydrogen-bond acceptors (Lipinski definition) is 4. The van der Waals surface area contributed by atoms with Gasteiger partial charge in [0.15, 0.2) is 0 Å². The van der Waals surface area contributed by atoms with E-state index >= 15 is 0 Å². The molecule has 0 fully saturated rings. The number of hydrogen-bond donors (Lipinski definition) is 1. The van der Waals surface area contributed by atoms with Gasteiger partial charge in [-0.25, -0.2) is 4.79 Å². The molecule has 2 aromatic rings. The maximum Gasteiger partial charge on any atom is 0.333 e. The highest BCUT2D eigenvalue weighted by Gasteiger charge is 2.33. The van der Waals surface area contributed by atoms with Crippen LogP contribution in [0.25, 0.3) is 5.70 Å². The van der Waals surface area contributed by atoms with E-state index in [1.54, 1.807) is 11.1 Å². The number of aromatic nitrogens is 2. The summed E-state index contributed by atoms with van der Waals surface area (Å²) >= 11 is 5.89. The molecule has 22 heavy (non-hydrogen) atoms. The zero-order valence-corrected chi connectivity index (χ0v) is 11.5. The second kappa shape index (κ2) is 4.88. The zero-order chi connectivity index (χ0) is 16.0. The molecule has 1 N–H and O–H groups in total. The van der Waals surface area contributed by atoms with Crippen molar-refractivity contribution in [3.63, 3.8) is 0 Å². The Hall–Kier alpha value is -2.80. The standard InChI is InChI=1S/C14H6ClFN2O4/c15-9-10(18-5-8(16)13(21)17-14(18)22)12(20)7-4-2-1-3-6(7)11(9)19/h1-5H,(H,17,21,22). The average molecular weight is 321 g/mol. The molecular weight excluding hydrogens is 315 g/mol. The van der Waals surface area contributed by atoms with Crippen molar-refractivity contribution >= 4 is 28.9 Å². The second-order valence-corrected chi connectivity index (χ2v) is 4.85. The van der Waals surface area contributed by atoms with E-state index in [4.69, 9.17) is 11.6 Å². The first-order valence-corrected chi connectivity index (χ1v) is 6.39. The summed E-state index contributed by atoms with van der Waals surface area (Å²) in [6.45, 7) is 0. The first-order chi connectivity index (χ1) is 10.4. The topological polar surface area (TPSA) is 89.0 Å². The molecule has 8 heteroatoms. The van der Waals surface area contributed by atoms with Gasteiger partial charge in [0, 0.05) is 11.1 Å². The summed E-state index contributed by atoms with van der Waals surface area (Å²) in [6.07, 6.45) is 0.526. The van der Waals surface area contributed by atoms with E-state index in [0.29, 0.717) is 10.8 Å². The molecule has 0 saturated heterocycles. The molecule has 0 amide bonds. The molecule has 110 valence electrons. The first-order valence-electron chi connectivity index (χ1n) is 6.02. The fourth-order valence-corrected chi connectivity index (χ4v) is 2.44. The highest BCUT2D eigenvalue weighted by Crippen LogP contribution is 2.30. The molecule has 0 spiro atoms. The minimum atomic E-state index is -1.28. The molecule has 1 aliphatic rings. The van der Waals surface area contributed by atoms with Crippen molar-refractivity contribution in [2.75, 3.05) is 0 Å². The third kappa shape index (κ3) is 1.94. The normalized spacial score (nSPS) is 14.3. The summed E-state index contributed by atoms with van der Waals surface area (Å²) in [7, 11) is 0. The van der Waals surface area contributed by atoms with Gasteiger partial charge in [0.1, 0.15) is 10.7 Å². The highest BCUT2D eigenvalue weighted by atomic mass is 35.5. The number of aromatic amines is 1. The van der Waals surface area contributed by atoms with Crippen molar-refractivity contribution < 1.29 is 14.0 Å². The van der Waals surface area contributed by atoms with E-state index in [2.05, 4.69) is 0 Å². The summed E-state index contributed by atoms with van der Waals surface area (Å²) in [6, 6.07) is 5.92. The lowest BCUT2D eigenvalue weighted by atomic mass is 9.92. The van der Waals surface area contributed by atoms with Crippen molar-refractivity contribution in [2.24, 2.45) is 0 Å². The number of rotatable bonds is 1. The van der Waals surface area contributed by atoms with Crippen LogP contribution in [0.4, 0.5) is 4.39 Å². The van der Waals surface area contributed by atoms with Crippen LogP contribution in [0.3, 0.4) is 0 Å². The Morgan fingerprint density at radius 1 is 1.00 bits per heavy atom. The van der Waals surface area contributed by atoms with E-state index in [0.717, 1.165) is 0 Å². The molecule has 1 aromatic heterocycles. The van der Waals surface area contributed by atoms with Crippen LogP contribution in [0.1, 0.15) is 20.7 Å². The van der Waals surface area contributed by atoms with Crippen LogP contribution in [0, 0.1) is 5.82 Å². The number of nitrogens with zero attached hydrogens (tertiary/aromatic N) is 1. The predicted molar refractivity (Wildman–Crippen MR) is 75.5 cm³/mol. The minimum absolute atomic E-state index is 0.0467. The zero-order valence-electron chi connectivity index (χ0n) is 10.7. The third-order valence-electron chi connectivity index (χ3n) is 3.18. The molecule has 0 aliphatic heterocycles. The molecule has 0 saturated carbocycles. The van der Waals surface area contributed by atoms with Gasteiger partial charge in [0.25, 0.3) is 5.56 Å². The van der Waals surface area contributed by atoms with Crippen molar-refractivity contribution in [2.45, 2.75) is 0 Å². The summed E-state index contributed by atoms with van der Waals surface area (Å²) in [4.78, 5) is 49.2. The van der Waals surface area contributed by atoms with Crippen molar-refractivity contribution in [1.82, 2.24) is 9.55 Å². The maximum absolute atomic E-state index is 13.4. The first kappa shape index (κ1) is 14.2. The molecule has 0 radical (unpaired) electrons. The number of halogens is 2. The Balaban J connectivity index is 2.33. The van der Waals surface area contributed by atoms with Gasteiger partial charge in [-0.15, -0.1) is 0 Å². The summed E-state index contributed by atoms with van der Waals surface area (Å²) in [5.41, 5.74) is -2.65. The second-order valence-electron chi connectivity index (χ2n) is 4.47. The molecule has 1 aliphatic carbocycles. The quantitative estimate of drug-likeness (QED) is 0.854. The Bertz CT molecular complexity index is 987. The van der Waals surface area contributed by atoms with Crippen LogP contribution < -0.4 is 11.2 Å². The number of ketones is 2. The number of fused-ring (bicyclic) bond motifs is 1. The summed E-state index contributed by atoms with van der Waals surface area (Å²) in [5.74, 6) is -2.66. The van der Waals surface area contributed by atoms with Crippen LogP contribution in [0.15, 0.2) is 45.1 Å². The van der Waals surface area contributed by atoms with E-state index in [9.17, 15) is 23.6 Å². The van der Waals surface area contributed by atoms with Crippen LogP contribution >= 0.6 is 11.6 Å². The van der Waals surface area contributed by atoms with Gasteiger partial charge in [-0.1, -0.05) is 35.9 Å². The van der Waals surface area contributed by atoms with E-state index < -0.39 is 39.4 Å². The number of carbonyl (C=O) groups is 2. The number of allylic oxidation sites excluding steroid dienone is 2. The number of carbonyl (C=O) groups excluding carboxylic acids is 2. The molecule has 1 heterocycles. The van der Waals surface area contributed by atoms with Crippen molar-refractivity contribution in [3.05, 3.63) is 73.3 Å². The van der Waals surface area contributed by atoms with Gasteiger partial charge in [0.2, 0.25) is 17.4 Å². The predicted octanol–water partition coefficient (Wildman–Crippen LogP) is 1.16. The Morgan fingerprint density at radius 2 is 1.59 bits per heavy atom. The van der Waals surface area contributed by atoms with Crippen LogP contribution in [0.5, 0.6) is 0 Å². The van der Waals surface area contributed by atoms with Crippen LogP contribution in [-0.2, 0) is 0 Å². The van der Waals surface area contributed by atoms with Gasteiger partial charge in [-0.3, -0.25) is 23.9 Å². The monoisotopic (exact) mass is 320 g/mol. The lowest BCUT2D eigenvalue weighted by Crippen LogP contribution is -2.35. The van der Waals surface area contributed by atoms with Crippen LogP contribution in [0.2, 0.25) is 0 Å². The fraction of sp³-hybridized carbons (Fsp3) is 0. The number of Topliss-reactive ketones (excluding diaryl/α,β-unsaturated/α-hetero) is 2. The smallest absolute Gasteiger partial charge is 0.287 e. The Labute approximate surface area is 126 Å². The Kier molecular flexibility index (Phi) is 3.14. The van der Waals surface area contributed by atoms with Gasteiger partial charge in [-0.05, 0) is 0 Å². The summed E-state index contributed by atoms with van der Waals surface area (Å²) in [5, 5.41) is -0.516. The van der Waals surface area contributed by atoms with Gasteiger partial charge in [0.05, 0.1) is 6.20 Å². The lowest BCUT2D eigenvalue weighted by molar-refractivity contribution is 0.0993. The number of nitrogens with one attached hydrogen (secondary N) is 1. The Morgan fingerprint density at radius 3 is 2.23 bits per heavy atom. The number of benzene rings is 1. The molecule has 1 aromatic carbocycles. The largest absolute Gasteiger partial charge is 0.333 e. The minimum Gasteiger partial charge on any atom is -0.287 e. The molecule has 0 bridgehead atoms. The SMILES string of the molecule is O=C1C(Cl)=C(n2cc(F)c(=O)[nH]c2=O)C(=O)c2ccccc21. The maximum atomic E-state index is 13.4. The third-order valence-corrected chi connectivity index (χ3v) is 3.53. The molecule has 3 rings (SSSR count). The lowest BCUT2D eigenvalue weighted by Gasteiger charge is -2.18.